The number of aryl methyl sites for hydroxylation is 1. The summed E-state index contributed by atoms with van der Waals surface area (Å²) in [6.07, 6.45) is 0. The molecule has 3 amide bonds. The molecular formula is C21H23N5O6S. The summed E-state index contributed by atoms with van der Waals surface area (Å²) in [7, 11) is -3.91. The van der Waals surface area contributed by atoms with Crippen LogP contribution in [-0.2, 0) is 10.0 Å². The monoisotopic (exact) mass is 473 g/mol. The Labute approximate surface area is 190 Å². The minimum atomic E-state index is -3.91. The van der Waals surface area contributed by atoms with E-state index in [1.54, 1.807) is 28.0 Å². The summed E-state index contributed by atoms with van der Waals surface area (Å²) in [5.41, 5.74) is 1.71. The molecule has 11 nitrogen and oxygen atoms in total. The van der Waals surface area contributed by atoms with E-state index in [0.717, 1.165) is 17.3 Å². The van der Waals surface area contributed by atoms with Crippen LogP contribution < -0.4 is 10.2 Å². The van der Waals surface area contributed by atoms with E-state index in [1.165, 1.54) is 22.5 Å². The van der Waals surface area contributed by atoms with Gasteiger partial charge in [0.1, 0.15) is 0 Å². The maximum absolute atomic E-state index is 13.0. The zero-order valence-electron chi connectivity index (χ0n) is 17.9. The van der Waals surface area contributed by atoms with E-state index in [0.29, 0.717) is 18.7 Å². The van der Waals surface area contributed by atoms with Gasteiger partial charge in [-0.05, 0) is 36.8 Å². The summed E-state index contributed by atoms with van der Waals surface area (Å²) in [4.78, 5) is 38.3. The van der Waals surface area contributed by atoms with E-state index in [4.69, 9.17) is 0 Å². The molecule has 33 heavy (non-hydrogen) atoms. The molecule has 0 radical (unpaired) electrons. The maximum Gasteiger partial charge on any atom is 0.322 e. The summed E-state index contributed by atoms with van der Waals surface area (Å²) in [5.74, 6) is -0.220. The minimum absolute atomic E-state index is 0.0851. The predicted octanol–water partition coefficient (Wildman–Crippen LogP) is 1.58. The van der Waals surface area contributed by atoms with Gasteiger partial charge in [-0.25, -0.2) is 13.2 Å². The van der Waals surface area contributed by atoms with Gasteiger partial charge in [0, 0.05) is 62.7 Å². The van der Waals surface area contributed by atoms with Crippen molar-refractivity contribution >= 4 is 33.3 Å². The first-order valence-corrected chi connectivity index (χ1v) is 11.8. The SMILES string of the molecule is Cc1cc(C(=O)N2CCN(S(=O)(=O)c3cccc([N+](=O)[O-])c3)CC2)ccc1N1CCNC1=O. The number of nitro benzene ring substituents is 1. The molecule has 174 valence electrons. The molecule has 2 aliphatic heterocycles. The van der Waals surface area contributed by atoms with Crippen molar-refractivity contribution in [1.82, 2.24) is 14.5 Å². The van der Waals surface area contributed by atoms with E-state index < -0.39 is 14.9 Å². The Morgan fingerprint density at radius 2 is 1.79 bits per heavy atom. The van der Waals surface area contributed by atoms with E-state index in [-0.39, 0.29) is 48.7 Å². The Kier molecular flexibility index (Phi) is 6.04. The number of piperazine rings is 1. The molecule has 2 aromatic rings. The number of non-ortho nitro benzene ring substituents is 1. The molecule has 4 rings (SSSR count). The number of hydrogen-bond acceptors (Lipinski definition) is 6. The highest BCUT2D eigenvalue weighted by atomic mass is 32.2. The number of hydrogen-bond donors (Lipinski definition) is 1. The van der Waals surface area contributed by atoms with Crippen LogP contribution in [-0.4, -0.2) is 73.8 Å². The van der Waals surface area contributed by atoms with Crippen molar-refractivity contribution in [3.05, 3.63) is 63.7 Å². The highest BCUT2D eigenvalue weighted by Crippen LogP contribution is 2.25. The number of carbonyl (C=O) groups is 2. The number of benzene rings is 2. The number of nitrogens with zero attached hydrogens (tertiary/aromatic N) is 4. The van der Waals surface area contributed by atoms with Gasteiger partial charge in [0.05, 0.1) is 9.82 Å². The Bertz CT molecular complexity index is 1220. The number of carbonyl (C=O) groups excluding carboxylic acids is 2. The Morgan fingerprint density at radius 1 is 1.06 bits per heavy atom. The number of nitrogens with one attached hydrogen (secondary N) is 1. The van der Waals surface area contributed by atoms with Crippen molar-refractivity contribution < 1.29 is 22.9 Å². The molecule has 0 atom stereocenters. The molecule has 0 saturated carbocycles. The third kappa shape index (κ3) is 4.39. The van der Waals surface area contributed by atoms with Gasteiger partial charge in [0.25, 0.3) is 11.6 Å². The number of nitro groups is 1. The van der Waals surface area contributed by atoms with Crippen molar-refractivity contribution in [2.75, 3.05) is 44.2 Å². The highest BCUT2D eigenvalue weighted by molar-refractivity contribution is 7.89. The first-order chi connectivity index (χ1) is 15.7. The van der Waals surface area contributed by atoms with Gasteiger partial charge in [-0.1, -0.05) is 6.07 Å². The van der Waals surface area contributed by atoms with Gasteiger partial charge < -0.3 is 10.2 Å². The van der Waals surface area contributed by atoms with Gasteiger partial charge in [0.2, 0.25) is 10.0 Å². The second-order valence-corrected chi connectivity index (χ2v) is 9.77. The number of sulfonamides is 1. The van der Waals surface area contributed by atoms with Crippen LogP contribution in [0.4, 0.5) is 16.2 Å². The summed E-state index contributed by atoms with van der Waals surface area (Å²) < 4.78 is 27.0. The average Bonchev–Trinajstić information content (AvgIpc) is 3.24. The molecule has 0 unspecified atom stereocenters. The molecule has 0 aromatic heterocycles. The van der Waals surface area contributed by atoms with Crippen molar-refractivity contribution in [3.8, 4) is 0 Å². The first kappa shape index (κ1) is 22.7. The zero-order chi connectivity index (χ0) is 23.8. The Balaban J connectivity index is 1.44. The summed E-state index contributed by atoms with van der Waals surface area (Å²) >= 11 is 0. The van der Waals surface area contributed by atoms with Crippen molar-refractivity contribution in [2.45, 2.75) is 11.8 Å². The normalized spacial score (nSPS) is 17.2. The van der Waals surface area contributed by atoms with Crippen LogP contribution in [0, 0.1) is 17.0 Å². The zero-order valence-corrected chi connectivity index (χ0v) is 18.7. The fourth-order valence-corrected chi connectivity index (χ4v) is 5.48. The molecule has 0 aliphatic carbocycles. The smallest absolute Gasteiger partial charge is 0.322 e. The summed E-state index contributed by atoms with van der Waals surface area (Å²) in [5, 5.41) is 13.7. The lowest BCUT2D eigenvalue weighted by atomic mass is 10.1. The molecule has 2 saturated heterocycles. The van der Waals surface area contributed by atoms with E-state index in [1.807, 2.05) is 6.92 Å². The fourth-order valence-electron chi connectivity index (χ4n) is 4.01. The molecule has 0 spiro atoms. The third-order valence-corrected chi connectivity index (χ3v) is 7.68. The number of rotatable bonds is 5. The van der Waals surface area contributed by atoms with Crippen molar-refractivity contribution in [3.63, 3.8) is 0 Å². The van der Waals surface area contributed by atoms with Crippen LogP contribution >= 0.6 is 0 Å². The quantitative estimate of drug-likeness (QED) is 0.518. The topological polar surface area (TPSA) is 133 Å². The molecular weight excluding hydrogens is 450 g/mol. The average molecular weight is 474 g/mol. The van der Waals surface area contributed by atoms with Crippen LogP contribution in [0.3, 0.4) is 0 Å². The van der Waals surface area contributed by atoms with Gasteiger partial charge in [-0.3, -0.25) is 19.8 Å². The van der Waals surface area contributed by atoms with Gasteiger partial charge >= 0.3 is 6.03 Å². The van der Waals surface area contributed by atoms with Gasteiger partial charge in [-0.2, -0.15) is 4.31 Å². The van der Waals surface area contributed by atoms with E-state index in [9.17, 15) is 28.1 Å². The lowest BCUT2D eigenvalue weighted by Crippen LogP contribution is -2.50. The first-order valence-electron chi connectivity index (χ1n) is 10.4. The predicted molar refractivity (Wildman–Crippen MR) is 120 cm³/mol. The van der Waals surface area contributed by atoms with Gasteiger partial charge in [0.15, 0.2) is 0 Å². The minimum Gasteiger partial charge on any atom is -0.336 e. The highest BCUT2D eigenvalue weighted by Gasteiger charge is 2.31. The van der Waals surface area contributed by atoms with Crippen molar-refractivity contribution in [2.24, 2.45) is 0 Å². The molecule has 2 heterocycles. The number of amides is 3. The lowest BCUT2D eigenvalue weighted by Gasteiger charge is -2.34. The summed E-state index contributed by atoms with van der Waals surface area (Å²) in [6.45, 7) is 3.53. The van der Waals surface area contributed by atoms with Crippen LogP contribution in [0.15, 0.2) is 47.4 Å². The van der Waals surface area contributed by atoms with E-state index in [2.05, 4.69) is 5.32 Å². The lowest BCUT2D eigenvalue weighted by molar-refractivity contribution is -0.385. The molecule has 1 N–H and O–H groups in total. The van der Waals surface area contributed by atoms with Gasteiger partial charge in [-0.15, -0.1) is 0 Å². The van der Waals surface area contributed by atoms with Crippen molar-refractivity contribution in [1.29, 1.82) is 0 Å². The fraction of sp³-hybridized carbons (Fsp3) is 0.333. The number of anilines is 1. The third-order valence-electron chi connectivity index (χ3n) is 5.78. The Morgan fingerprint density at radius 3 is 2.39 bits per heavy atom. The van der Waals surface area contributed by atoms with Crippen LogP contribution in [0.1, 0.15) is 15.9 Å². The van der Waals surface area contributed by atoms with Crippen LogP contribution in [0.5, 0.6) is 0 Å². The molecule has 0 bridgehead atoms. The Hall–Kier alpha value is -3.51. The van der Waals surface area contributed by atoms with E-state index >= 15 is 0 Å². The number of urea groups is 1. The molecule has 12 heteroatoms. The molecule has 2 aromatic carbocycles. The van der Waals surface area contributed by atoms with Crippen LogP contribution in [0.25, 0.3) is 0 Å². The van der Waals surface area contributed by atoms with Crippen LogP contribution in [0.2, 0.25) is 0 Å². The summed E-state index contributed by atoms with van der Waals surface area (Å²) in [6, 6.07) is 9.91. The largest absolute Gasteiger partial charge is 0.336 e. The molecule has 2 aliphatic rings. The standard InChI is InChI=1S/C21H23N5O6S/c1-15-13-16(5-6-19(15)25-8-7-22-21(25)28)20(27)23-9-11-24(12-10-23)33(31,32)18-4-2-3-17(14-18)26(29)30/h2-6,13-14H,7-12H2,1H3,(H,22,28). The molecule has 2 fully saturated rings. The maximum atomic E-state index is 13.0. The second-order valence-electron chi connectivity index (χ2n) is 7.84. The second kappa shape index (κ2) is 8.79.